The first kappa shape index (κ1) is 20.7. The molecular weight excluding hydrogens is 300 g/mol. The number of hydrogen-bond donors (Lipinski definition) is 2. The van der Waals surface area contributed by atoms with Crippen LogP contribution in [0.1, 0.15) is 39.7 Å². The highest BCUT2D eigenvalue weighted by Crippen LogP contribution is 2.16. The van der Waals surface area contributed by atoms with Crippen molar-refractivity contribution in [2.45, 2.75) is 46.1 Å². The molecule has 1 aromatic carbocycles. The van der Waals surface area contributed by atoms with Crippen LogP contribution in [0.4, 0.5) is 0 Å². The van der Waals surface area contributed by atoms with Gasteiger partial charge < -0.3 is 15.8 Å². The topological polar surface area (TPSA) is 64.3 Å². The number of ether oxygens (including phenoxy) is 1. The van der Waals surface area contributed by atoms with Crippen LogP contribution in [-0.2, 0) is 11.2 Å². The van der Waals surface area contributed by atoms with Crippen molar-refractivity contribution in [2.75, 3.05) is 13.2 Å². The number of rotatable bonds is 8. The summed E-state index contributed by atoms with van der Waals surface area (Å²) in [5.74, 6) is 1.21. The number of nitrogens with two attached hydrogens (primary N) is 1. The van der Waals surface area contributed by atoms with E-state index in [1.165, 1.54) is 0 Å². The van der Waals surface area contributed by atoms with Crippen molar-refractivity contribution in [1.29, 1.82) is 0 Å². The van der Waals surface area contributed by atoms with Gasteiger partial charge in [0.25, 0.3) is 0 Å². The molecule has 0 radical (unpaired) electrons. The zero-order chi connectivity index (χ0) is 15.9. The number of carbonyl (C=O) groups is 1. The maximum Gasteiger partial charge on any atom is 0.220 e. The Morgan fingerprint density at radius 3 is 2.36 bits per heavy atom. The molecule has 0 heterocycles. The van der Waals surface area contributed by atoms with E-state index in [0.29, 0.717) is 25.5 Å². The van der Waals surface area contributed by atoms with E-state index < -0.39 is 0 Å². The van der Waals surface area contributed by atoms with Crippen LogP contribution >= 0.6 is 12.4 Å². The number of aryl methyl sites for hydroxylation is 1. The van der Waals surface area contributed by atoms with Gasteiger partial charge in [-0.05, 0) is 43.9 Å². The molecule has 0 aliphatic rings. The normalized spacial score (nSPS) is 13.2. The molecule has 22 heavy (non-hydrogen) atoms. The molecule has 0 spiro atoms. The summed E-state index contributed by atoms with van der Waals surface area (Å²) in [7, 11) is 0. The summed E-state index contributed by atoms with van der Waals surface area (Å²) in [5, 5.41) is 3.06. The largest absolute Gasteiger partial charge is 0.494 e. The molecular formula is C17H29ClN2O2. The number of hydrogen-bond acceptors (Lipinski definition) is 3. The van der Waals surface area contributed by atoms with Gasteiger partial charge in [0, 0.05) is 13.0 Å². The van der Waals surface area contributed by atoms with E-state index in [1.54, 1.807) is 0 Å². The minimum atomic E-state index is -0.337. The molecule has 0 aliphatic carbocycles. The molecule has 126 valence electrons. The van der Waals surface area contributed by atoms with Crippen LogP contribution in [0.25, 0.3) is 0 Å². The zero-order valence-electron chi connectivity index (χ0n) is 14.0. The molecule has 0 bridgehead atoms. The molecule has 1 unspecified atom stereocenters. The Bertz CT molecular complexity index is 448. The predicted molar refractivity (Wildman–Crippen MR) is 93.6 cm³/mol. The fourth-order valence-electron chi connectivity index (χ4n) is 1.99. The first-order valence-corrected chi connectivity index (χ1v) is 7.64. The van der Waals surface area contributed by atoms with E-state index in [4.69, 9.17) is 10.5 Å². The fourth-order valence-corrected chi connectivity index (χ4v) is 1.99. The highest BCUT2D eigenvalue weighted by Gasteiger charge is 2.28. The summed E-state index contributed by atoms with van der Waals surface area (Å²) < 4.78 is 5.40. The number of amides is 1. The highest BCUT2D eigenvalue weighted by atomic mass is 35.5. The summed E-state index contributed by atoms with van der Waals surface area (Å²) in [6.45, 7) is 9.20. The van der Waals surface area contributed by atoms with Crippen LogP contribution in [0.2, 0.25) is 0 Å². The lowest BCUT2D eigenvalue weighted by Crippen LogP contribution is -2.55. The smallest absolute Gasteiger partial charge is 0.220 e. The SMILES string of the molecule is CCOc1ccc(CCC(=O)NC(C)(CN)C(C)C)cc1.Cl. The minimum Gasteiger partial charge on any atom is -0.494 e. The molecule has 4 nitrogen and oxygen atoms in total. The lowest BCUT2D eigenvalue weighted by molar-refractivity contribution is -0.123. The first-order valence-electron chi connectivity index (χ1n) is 7.64. The fraction of sp³-hybridized carbons (Fsp3) is 0.588. The van der Waals surface area contributed by atoms with Crippen molar-refractivity contribution in [3.05, 3.63) is 29.8 Å². The Hall–Kier alpha value is -1.26. The van der Waals surface area contributed by atoms with Gasteiger partial charge in [0.05, 0.1) is 12.1 Å². The summed E-state index contributed by atoms with van der Waals surface area (Å²) in [6, 6.07) is 7.88. The third-order valence-corrected chi connectivity index (χ3v) is 4.00. The Kier molecular flexibility index (Phi) is 9.14. The Morgan fingerprint density at radius 1 is 1.32 bits per heavy atom. The quantitative estimate of drug-likeness (QED) is 0.771. The lowest BCUT2D eigenvalue weighted by Gasteiger charge is -2.33. The van der Waals surface area contributed by atoms with Gasteiger partial charge in [0.2, 0.25) is 5.91 Å². The van der Waals surface area contributed by atoms with Crippen LogP contribution in [0.3, 0.4) is 0 Å². The summed E-state index contributed by atoms with van der Waals surface area (Å²) >= 11 is 0. The highest BCUT2D eigenvalue weighted by molar-refractivity contribution is 5.85. The van der Waals surface area contributed by atoms with E-state index in [9.17, 15) is 4.79 Å². The molecule has 3 N–H and O–H groups in total. The standard InChI is InChI=1S/C17H28N2O2.ClH/c1-5-21-15-9-6-14(7-10-15)8-11-16(20)19-17(4,12-18)13(2)3;/h6-7,9-10,13H,5,8,11-12,18H2,1-4H3,(H,19,20);1H. The van der Waals surface area contributed by atoms with E-state index in [1.807, 2.05) is 38.1 Å². The second-order valence-electron chi connectivity index (χ2n) is 5.90. The maximum atomic E-state index is 12.1. The summed E-state index contributed by atoms with van der Waals surface area (Å²) in [6.07, 6.45) is 1.19. The van der Waals surface area contributed by atoms with E-state index in [0.717, 1.165) is 17.7 Å². The van der Waals surface area contributed by atoms with Crippen LogP contribution in [0.5, 0.6) is 5.75 Å². The zero-order valence-corrected chi connectivity index (χ0v) is 14.8. The molecule has 0 aliphatic heterocycles. The van der Waals surface area contributed by atoms with Gasteiger partial charge in [-0.2, -0.15) is 0 Å². The molecule has 1 aromatic rings. The van der Waals surface area contributed by atoms with E-state index in [-0.39, 0.29) is 23.9 Å². The Labute approximate surface area is 140 Å². The molecule has 5 heteroatoms. The average Bonchev–Trinajstić information content (AvgIpc) is 2.46. The predicted octanol–water partition coefficient (Wildman–Crippen LogP) is 2.93. The Morgan fingerprint density at radius 2 is 1.91 bits per heavy atom. The van der Waals surface area contributed by atoms with Gasteiger partial charge in [-0.1, -0.05) is 26.0 Å². The van der Waals surface area contributed by atoms with Gasteiger partial charge in [-0.15, -0.1) is 12.4 Å². The molecule has 0 fully saturated rings. The van der Waals surface area contributed by atoms with Crippen LogP contribution in [-0.4, -0.2) is 24.6 Å². The van der Waals surface area contributed by atoms with Crippen molar-refractivity contribution >= 4 is 18.3 Å². The van der Waals surface area contributed by atoms with Gasteiger partial charge >= 0.3 is 0 Å². The van der Waals surface area contributed by atoms with Gasteiger partial charge in [-0.3, -0.25) is 4.79 Å². The third kappa shape index (κ3) is 6.24. The molecule has 1 atom stereocenters. The van der Waals surface area contributed by atoms with Crippen molar-refractivity contribution in [1.82, 2.24) is 5.32 Å². The average molecular weight is 329 g/mol. The molecule has 0 aromatic heterocycles. The van der Waals surface area contributed by atoms with Crippen LogP contribution in [0, 0.1) is 5.92 Å². The third-order valence-electron chi connectivity index (χ3n) is 4.00. The van der Waals surface area contributed by atoms with Gasteiger partial charge in [0.1, 0.15) is 5.75 Å². The van der Waals surface area contributed by atoms with Gasteiger partial charge in [0.15, 0.2) is 0 Å². The molecule has 1 rings (SSSR count). The molecule has 0 saturated heterocycles. The Balaban J connectivity index is 0.00000441. The van der Waals surface area contributed by atoms with Crippen molar-refractivity contribution in [2.24, 2.45) is 11.7 Å². The minimum absolute atomic E-state index is 0. The van der Waals surface area contributed by atoms with E-state index >= 15 is 0 Å². The van der Waals surface area contributed by atoms with Crippen molar-refractivity contribution in [3.63, 3.8) is 0 Å². The van der Waals surface area contributed by atoms with Crippen LogP contribution < -0.4 is 15.8 Å². The summed E-state index contributed by atoms with van der Waals surface area (Å²) in [5.41, 5.74) is 6.57. The second kappa shape index (κ2) is 9.70. The maximum absolute atomic E-state index is 12.1. The number of halogens is 1. The van der Waals surface area contributed by atoms with Crippen molar-refractivity contribution in [3.8, 4) is 5.75 Å². The monoisotopic (exact) mass is 328 g/mol. The van der Waals surface area contributed by atoms with Crippen molar-refractivity contribution < 1.29 is 9.53 Å². The number of benzene rings is 1. The molecule has 1 amide bonds. The first-order chi connectivity index (χ1) is 9.91. The number of carbonyl (C=O) groups excluding carboxylic acids is 1. The summed E-state index contributed by atoms with van der Waals surface area (Å²) in [4.78, 5) is 12.1. The van der Waals surface area contributed by atoms with E-state index in [2.05, 4.69) is 19.2 Å². The number of nitrogens with one attached hydrogen (secondary N) is 1. The van der Waals surface area contributed by atoms with Crippen LogP contribution in [0.15, 0.2) is 24.3 Å². The second-order valence-corrected chi connectivity index (χ2v) is 5.90. The van der Waals surface area contributed by atoms with Gasteiger partial charge in [-0.25, -0.2) is 0 Å². The molecule has 0 saturated carbocycles. The lowest BCUT2D eigenvalue weighted by atomic mass is 9.88.